The first-order valence-corrected chi connectivity index (χ1v) is 8.10. The van der Waals surface area contributed by atoms with Crippen LogP contribution in [-0.4, -0.2) is 9.97 Å². The molecule has 112 valence electrons. The second kappa shape index (κ2) is 5.81. The summed E-state index contributed by atoms with van der Waals surface area (Å²) in [6, 6.07) is 23.0. The number of rotatable bonds is 3. The van der Waals surface area contributed by atoms with E-state index in [4.69, 9.17) is 9.97 Å². The molecule has 2 nitrogen and oxygen atoms in total. The third-order valence-electron chi connectivity index (χ3n) is 4.16. The van der Waals surface area contributed by atoms with Gasteiger partial charge >= 0.3 is 0 Å². The molecule has 0 bridgehead atoms. The molecule has 0 amide bonds. The predicted molar refractivity (Wildman–Crippen MR) is 96.5 cm³/mol. The average Bonchev–Trinajstić information content (AvgIpc) is 2.61. The van der Waals surface area contributed by atoms with Gasteiger partial charge in [-0.2, -0.15) is 0 Å². The summed E-state index contributed by atoms with van der Waals surface area (Å²) in [7, 11) is 0. The highest BCUT2D eigenvalue weighted by Crippen LogP contribution is 2.27. The van der Waals surface area contributed by atoms with Crippen molar-refractivity contribution in [1.29, 1.82) is 0 Å². The van der Waals surface area contributed by atoms with Crippen molar-refractivity contribution in [3.8, 4) is 11.4 Å². The molecule has 0 saturated carbocycles. The van der Waals surface area contributed by atoms with E-state index < -0.39 is 0 Å². The summed E-state index contributed by atoms with van der Waals surface area (Å²) in [5, 5.41) is 2.36. The van der Waals surface area contributed by atoms with Crippen molar-refractivity contribution in [2.45, 2.75) is 19.8 Å². The van der Waals surface area contributed by atoms with Crippen molar-refractivity contribution in [3.05, 3.63) is 72.3 Å². The van der Waals surface area contributed by atoms with E-state index in [0.717, 1.165) is 40.6 Å². The molecule has 0 aliphatic heterocycles. The highest BCUT2D eigenvalue weighted by Gasteiger charge is 2.10. The number of nitrogens with zero attached hydrogens (tertiary/aromatic N) is 2. The fourth-order valence-corrected chi connectivity index (χ4v) is 3.04. The lowest BCUT2D eigenvalue weighted by molar-refractivity contribution is 0.919. The van der Waals surface area contributed by atoms with E-state index in [9.17, 15) is 0 Å². The Morgan fingerprint density at radius 1 is 0.739 bits per heavy atom. The molecule has 23 heavy (non-hydrogen) atoms. The van der Waals surface area contributed by atoms with Crippen LogP contribution in [-0.2, 0) is 6.42 Å². The quantitative estimate of drug-likeness (QED) is 0.506. The molecule has 0 aliphatic rings. The zero-order valence-corrected chi connectivity index (χ0v) is 13.2. The molecule has 2 aromatic carbocycles. The number of hydrogen-bond acceptors (Lipinski definition) is 2. The molecule has 0 aliphatic carbocycles. The molecule has 4 aromatic rings. The van der Waals surface area contributed by atoms with Crippen molar-refractivity contribution in [2.75, 3.05) is 0 Å². The van der Waals surface area contributed by atoms with Gasteiger partial charge in [-0.15, -0.1) is 0 Å². The van der Waals surface area contributed by atoms with E-state index in [1.165, 1.54) is 10.9 Å². The lowest BCUT2D eigenvalue weighted by Gasteiger charge is -2.10. The third kappa shape index (κ3) is 2.57. The first kappa shape index (κ1) is 13.9. The Balaban J connectivity index is 1.95. The zero-order chi connectivity index (χ0) is 15.6. The first-order chi connectivity index (χ1) is 11.3. The van der Waals surface area contributed by atoms with Gasteiger partial charge in [0.15, 0.2) is 0 Å². The second-order valence-corrected chi connectivity index (χ2v) is 5.83. The van der Waals surface area contributed by atoms with E-state index in [1.807, 2.05) is 18.2 Å². The Morgan fingerprint density at radius 2 is 1.43 bits per heavy atom. The van der Waals surface area contributed by atoms with Crippen LogP contribution in [0, 0.1) is 0 Å². The topological polar surface area (TPSA) is 25.8 Å². The maximum absolute atomic E-state index is 4.91. The van der Waals surface area contributed by atoms with Crippen molar-refractivity contribution in [3.63, 3.8) is 0 Å². The Bertz CT molecular complexity index is 989. The van der Waals surface area contributed by atoms with Gasteiger partial charge in [0.25, 0.3) is 0 Å². The molecule has 0 spiro atoms. The van der Waals surface area contributed by atoms with Gasteiger partial charge in [0.05, 0.1) is 22.4 Å². The van der Waals surface area contributed by atoms with E-state index in [1.54, 1.807) is 0 Å². The van der Waals surface area contributed by atoms with Gasteiger partial charge in [-0.25, -0.2) is 9.97 Å². The Hall–Kier alpha value is -2.74. The predicted octanol–water partition coefficient (Wildman–Crippen LogP) is 5.40. The standard InChI is InChI=1S/C21H18N2/c1-2-7-17-14-16-9-4-6-11-19(16)23-21(17)20-13-12-15-8-3-5-10-18(15)22-20/h3-6,8-14H,2,7H2,1H3. The van der Waals surface area contributed by atoms with Crippen molar-refractivity contribution >= 4 is 21.8 Å². The molecule has 2 heteroatoms. The van der Waals surface area contributed by atoms with E-state index in [-0.39, 0.29) is 0 Å². The van der Waals surface area contributed by atoms with Crippen molar-refractivity contribution in [2.24, 2.45) is 0 Å². The summed E-state index contributed by atoms with van der Waals surface area (Å²) >= 11 is 0. The van der Waals surface area contributed by atoms with Crippen LogP contribution in [0.15, 0.2) is 66.7 Å². The Labute approximate surface area is 135 Å². The summed E-state index contributed by atoms with van der Waals surface area (Å²) in [5.41, 5.74) is 5.28. The number of pyridine rings is 2. The van der Waals surface area contributed by atoms with Gasteiger partial charge in [-0.05, 0) is 36.2 Å². The van der Waals surface area contributed by atoms with Crippen LogP contribution in [0.1, 0.15) is 18.9 Å². The molecule has 0 saturated heterocycles. The molecular weight excluding hydrogens is 280 g/mol. The first-order valence-electron chi connectivity index (χ1n) is 8.10. The fourth-order valence-electron chi connectivity index (χ4n) is 3.04. The minimum absolute atomic E-state index is 0.956. The Morgan fingerprint density at radius 3 is 2.22 bits per heavy atom. The van der Waals surface area contributed by atoms with Gasteiger partial charge < -0.3 is 0 Å². The molecule has 0 fully saturated rings. The number of hydrogen-bond donors (Lipinski definition) is 0. The molecule has 0 N–H and O–H groups in total. The number of fused-ring (bicyclic) bond motifs is 2. The smallest absolute Gasteiger partial charge is 0.0926 e. The van der Waals surface area contributed by atoms with E-state index >= 15 is 0 Å². The molecule has 2 heterocycles. The molecule has 0 atom stereocenters. The van der Waals surface area contributed by atoms with Gasteiger partial charge in [-0.3, -0.25) is 0 Å². The SMILES string of the molecule is CCCc1cc2ccccc2nc1-c1ccc2ccccc2n1. The highest BCUT2D eigenvalue weighted by molar-refractivity contribution is 5.85. The lowest BCUT2D eigenvalue weighted by atomic mass is 10.0. The molecule has 0 radical (unpaired) electrons. The van der Waals surface area contributed by atoms with Crippen LogP contribution in [0.2, 0.25) is 0 Å². The number of para-hydroxylation sites is 2. The number of aryl methyl sites for hydroxylation is 1. The van der Waals surface area contributed by atoms with Gasteiger partial charge in [0, 0.05) is 10.8 Å². The van der Waals surface area contributed by atoms with Crippen LogP contribution in [0.5, 0.6) is 0 Å². The number of aromatic nitrogens is 2. The molecule has 4 rings (SSSR count). The van der Waals surface area contributed by atoms with Gasteiger partial charge in [-0.1, -0.05) is 55.8 Å². The normalized spacial score (nSPS) is 11.2. The lowest BCUT2D eigenvalue weighted by Crippen LogP contribution is -1.96. The van der Waals surface area contributed by atoms with Crippen molar-refractivity contribution in [1.82, 2.24) is 9.97 Å². The van der Waals surface area contributed by atoms with Crippen molar-refractivity contribution < 1.29 is 0 Å². The summed E-state index contributed by atoms with van der Waals surface area (Å²) in [5.74, 6) is 0. The summed E-state index contributed by atoms with van der Waals surface area (Å²) in [6.07, 6.45) is 2.11. The fraction of sp³-hybridized carbons (Fsp3) is 0.143. The van der Waals surface area contributed by atoms with E-state index in [0.29, 0.717) is 0 Å². The largest absolute Gasteiger partial charge is 0.246 e. The average molecular weight is 298 g/mol. The van der Waals surface area contributed by atoms with Crippen LogP contribution in [0.3, 0.4) is 0 Å². The third-order valence-corrected chi connectivity index (χ3v) is 4.16. The maximum Gasteiger partial charge on any atom is 0.0926 e. The summed E-state index contributed by atoms with van der Waals surface area (Å²) < 4.78 is 0. The van der Waals surface area contributed by atoms with E-state index in [2.05, 4.69) is 55.5 Å². The van der Waals surface area contributed by atoms with Crippen LogP contribution in [0.25, 0.3) is 33.2 Å². The molecular formula is C21H18N2. The Kier molecular flexibility index (Phi) is 3.51. The zero-order valence-electron chi connectivity index (χ0n) is 13.2. The highest BCUT2D eigenvalue weighted by atomic mass is 14.8. The summed E-state index contributed by atoms with van der Waals surface area (Å²) in [6.45, 7) is 2.20. The van der Waals surface area contributed by atoms with Gasteiger partial charge in [0.2, 0.25) is 0 Å². The van der Waals surface area contributed by atoms with Gasteiger partial charge in [0.1, 0.15) is 0 Å². The maximum atomic E-state index is 4.91. The number of benzene rings is 2. The summed E-state index contributed by atoms with van der Waals surface area (Å²) in [4.78, 5) is 9.74. The molecule has 2 aromatic heterocycles. The van der Waals surface area contributed by atoms with Crippen LogP contribution in [0.4, 0.5) is 0 Å². The second-order valence-electron chi connectivity index (χ2n) is 5.83. The van der Waals surface area contributed by atoms with Crippen LogP contribution >= 0.6 is 0 Å². The minimum Gasteiger partial charge on any atom is -0.246 e. The minimum atomic E-state index is 0.956. The monoisotopic (exact) mass is 298 g/mol. The molecule has 0 unspecified atom stereocenters. The van der Waals surface area contributed by atoms with Crippen LogP contribution < -0.4 is 0 Å².